The van der Waals surface area contributed by atoms with Crippen molar-refractivity contribution in [1.82, 2.24) is 4.90 Å². The van der Waals surface area contributed by atoms with Gasteiger partial charge in [-0.1, -0.05) is 18.6 Å². The van der Waals surface area contributed by atoms with Gasteiger partial charge in [0, 0.05) is 0 Å². The maximum Gasteiger partial charge on any atom is 0.342 e. The van der Waals surface area contributed by atoms with Gasteiger partial charge >= 0.3 is 11.9 Å². The second-order valence-corrected chi connectivity index (χ2v) is 9.78. The highest BCUT2D eigenvalue weighted by Crippen LogP contribution is 2.43. The molecule has 2 heterocycles. The number of benzene rings is 1. The number of amides is 2. The topological polar surface area (TPSA) is 107 Å². The van der Waals surface area contributed by atoms with Crippen LogP contribution >= 0.6 is 11.8 Å². The highest BCUT2D eigenvalue weighted by molar-refractivity contribution is 7.98. The summed E-state index contributed by atoms with van der Waals surface area (Å²) < 4.78 is 10.9. The number of ether oxygens (including phenoxy) is 2. The molecular weight excluding hydrogens is 458 g/mol. The van der Waals surface area contributed by atoms with Gasteiger partial charge in [0.15, 0.2) is 6.61 Å². The normalized spacial score (nSPS) is 19.9. The van der Waals surface area contributed by atoms with Gasteiger partial charge in [-0.25, -0.2) is 9.59 Å². The molecular formula is C25H27NO7S. The fraction of sp³-hybridized carbons (Fsp3) is 0.480. The number of hydrogen-bond donors (Lipinski definition) is 0. The monoisotopic (exact) mass is 485 g/mol. The van der Waals surface area contributed by atoms with E-state index < -0.39 is 47.8 Å². The molecule has 2 aliphatic heterocycles. The molecule has 1 atom stereocenters. The van der Waals surface area contributed by atoms with Gasteiger partial charge in [-0.05, 0) is 68.7 Å². The van der Waals surface area contributed by atoms with Crippen molar-refractivity contribution < 1.29 is 33.4 Å². The summed E-state index contributed by atoms with van der Waals surface area (Å²) in [5.74, 6) is -2.79. The van der Waals surface area contributed by atoms with Crippen molar-refractivity contribution in [3.8, 4) is 0 Å². The molecule has 0 bridgehead atoms. The minimum Gasteiger partial charge on any atom is -0.456 e. The van der Waals surface area contributed by atoms with Crippen LogP contribution in [0.2, 0.25) is 0 Å². The quantitative estimate of drug-likeness (QED) is 0.314. The second-order valence-electron chi connectivity index (χ2n) is 8.80. The van der Waals surface area contributed by atoms with Gasteiger partial charge in [0.1, 0.15) is 17.2 Å². The number of rotatable bonds is 8. The molecule has 1 unspecified atom stereocenters. The minimum absolute atomic E-state index is 0.0592. The van der Waals surface area contributed by atoms with Crippen LogP contribution < -0.4 is 0 Å². The highest BCUT2D eigenvalue weighted by Gasteiger charge is 2.48. The zero-order valence-corrected chi connectivity index (χ0v) is 20.1. The van der Waals surface area contributed by atoms with Gasteiger partial charge in [-0.2, -0.15) is 11.8 Å². The molecule has 3 aliphatic rings. The lowest BCUT2D eigenvalue weighted by atomic mass is 9.79. The van der Waals surface area contributed by atoms with E-state index in [0.29, 0.717) is 24.2 Å². The van der Waals surface area contributed by atoms with Crippen LogP contribution in [-0.4, -0.2) is 64.7 Å². The molecule has 1 fully saturated rings. The van der Waals surface area contributed by atoms with E-state index in [1.807, 2.05) is 6.26 Å². The van der Waals surface area contributed by atoms with E-state index in [0.717, 1.165) is 24.2 Å². The molecule has 0 saturated heterocycles. The lowest BCUT2D eigenvalue weighted by Gasteiger charge is -2.33. The predicted octanol–water partition coefficient (Wildman–Crippen LogP) is 3.09. The first-order valence-electron chi connectivity index (χ1n) is 11.4. The number of imide groups is 1. The molecule has 1 aromatic rings. The zero-order chi connectivity index (χ0) is 24.5. The number of carbonyl (C=O) groups excluding carboxylic acids is 5. The molecule has 1 aromatic carbocycles. The van der Waals surface area contributed by atoms with Crippen molar-refractivity contribution in [2.45, 2.75) is 57.1 Å². The summed E-state index contributed by atoms with van der Waals surface area (Å²) >= 11 is 1.46. The number of nitrogens with zero attached hydrogens (tertiary/aromatic N) is 1. The van der Waals surface area contributed by atoms with Crippen molar-refractivity contribution in [3.05, 3.63) is 46.5 Å². The molecule has 2 amide bonds. The highest BCUT2D eigenvalue weighted by atomic mass is 32.2. The van der Waals surface area contributed by atoms with Gasteiger partial charge in [0.25, 0.3) is 11.8 Å². The fourth-order valence-corrected chi connectivity index (χ4v) is 5.45. The Morgan fingerprint density at radius 3 is 2.29 bits per heavy atom. The largest absolute Gasteiger partial charge is 0.456 e. The van der Waals surface area contributed by atoms with Gasteiger partial charge in [0.05, 0.1) is 11.1 Å². The molecule has 180 valence electrons. The molecule has 4 rings (SSSR count). The van der Waals surface area contributed by atoms with E-state index in [1.165, 1.54) is 23.9 Å². The third-order valence-corrected chi connectivity index (χ3v) is 7.48. The van der Waals surface area contributed by atoms with Crippen LogP contribution in [0.4, 0.5) is 0 Å². The Kier molecular flexibility index (Phi) is 6.93. The van der Waals surface area contributed by atoms with E-state index in [2.05, 4.69) is 0 Å². The maximum atomic E-state index is 13.0. The van der Waals surface area contributed by atoms with Gasteiger partial charge in [-0.15, -0.1) is 0 Å². The van der Waals surface area contributed by atoms with Gasteiger partial charge < -0.3 is 9.47 Å². The number of ketones is 1. The summed E-state index contributed by atoms with van der Waals surface area (Å²) in [6.45, 7) is 1.07. The van der Waals surface area contributed by atoms with Crippen molar-refractivity contribution in [3.63, 3.8) is 0 Å². The number of Topliss-reactive ketones (excluding diaryl/α,β-unsaturated/α-hetero) is 1. The van der Waals surface area contributed by atoms with E-state index >= 15 is 0 Å². The summed E-state index contributed by atoms with van der Waals surface area (Å²) in [5.41, 5.74) is 0.273. The average Bonchev–Trinajstić information content (AvgIpc) is 3.22. The Labute approximate surface area is 202 Å². The summed E-state index contributed by atoms with van der Waals surface area (Å²) in [6, 6.07) is 5.22. The maximum absolute atomic E-state index is 13.0. The summed E-state index contributed by atoms with van der Waals surface area (Å²) in [7, 11) is 0. The van der Waals surface area contributed by atoms with Crippen LogP contribution in [0.5, 0.6) is 0 Å². The van der Waals surface area contributed by atoms with Crippen LogP contribution in [0.1, 0.15) is 66.2 Å². The molecule has 34 heavy (non-hydrogen) atoms. The lowest BCUT2D eigenvalue weighted by molar-refractivity contribution is -0.153. The molecule has 0 aromatic heterocycles. The van der Waals surface area contributed by atoms with E-state index in [1.54, 1.807) is 19.1 Å². The number of thioether (sulfide) groups is 1. The Hall–Kier alpha value is -2.94. The fourth-order valence-electron chi connectivity index (χ4n) is 4.99. The first-order valence-corrected chi connectivity index (χ1v) is 12.8. The van der Waals surface area contributed by atoms with Crippen LogP contribution in [0.25, 0.3) is 0 Å². The van der Waals surface area contributed by atoms with Crippen molar-refractivity contribution in [2.24, 2.45) is 0 Å². The van der Waals surface area contributed by atoms with Gasteiger partial charge in [0.2, 0.25) is 5.78 Å². The zero-order valence-electron chi connectivity index (χ0n) is 19.3. The lowest BCUT2D eigenvalue weighted by Crippen LogP contribution is -2.46. The van der Waals surface area contributed by atoms with Crippen LogP contribution in [-0.2, 0) is 23.9 Å². The van der Waals surface area contributed by atoms with Crippen LogP contribution in [0, 0.1) is 0 Å². The first kappa shape index (κ1) is 24.2. The van der Waals surface area contributed by atoms with Crippen molar-refractivity contribution in [2.75, 3.05) is 18.6 Å². The summed E-state index contributed by atoms with van der Waals surface area (Å²) in [6.07, 6.45) is 6.28. The molecule has 8 nitrogen and oxygen atoms in total. The number of esters is 2. The number of carbonyl (C=O) groups is 5. The second kappa shape index (κ2) is 9.74. The van der Waals surface area contributed by atoms with Crippen LogP contribution in [0.15, 0.2) is 35.4 Å². The Morgan fingerprint density at radius 2 is 1.71 bits per heavy atom. The molecule has 1 saturated carbocycles. The van der Waals surface area contributed by atoms with Crippen molar-refractivity contribution in [1.29, 1.82) is 0 Å². The first-order chi connectivity index (χ1) is 16.3. The number of hydrogen-bond acceptors (Lipinski definition) is 8. The van der Waals surface area contributed by atoms with Crippen molar-refractivity contribution >= 4 is 41.3 Å². The van der Waals surface area contributed by atoms with Crippen LogP contribution in [0.3, 0.4) is 0 Å². The van der Waals surface area contributed by atoms with E-state index in [9.17, 15) is 24.0 Å². The van der Waals surface area contributed by atoms with Gasteiger partial charge in [-0.3, -0.25) is 19.3 Å². The smallest absolute Gasteiger partial charge is 0.342 e. The average molecular weight is 486 g/mol. The summed E-state index contributed by atoms with van der Waals surface area (Å²) in [4.78, 5) is 65.0. The summed E-state index contributed by atoms with van der Waals surface area (Å²) in [5, 5.41) is 0. The Morgan fingerprint density at radius 1 is 1.09 bits per heavy atom. The number of fused-ring (bicyclic) bond motifs is 1. The minimum atomic E-state index is -1.16. The Balaban J connectivity index is 1.49. The molecule has 0 N–H and O–H groups in total. The third-order valence-electron chi connectivity index (χ3n) is 6.84. The van der Waals surface area contributed by atoms with E-state index in [-0.39, 0.29) is 23.1 Å². The van der Waals surface area contributed by atoms with E-state index in [4.69, 9.17) is 9.47 Å². The third kappa shape index (κ3) is 4.17. The molecule has 1 spiro atoms. The molecule has 0 radical (unpaired) electrons. The standard InChI is InChI=1S/C25H27NO7S/c1-15-20(24(31)33-25(15)11-6-3-7-12-25)19(27)14-32-23(30)18(10-13-34-2)26-21(28)16-8-4-5-9-17(16)22(26)29/h4-5,8-9,18H,3,6-7,10-14H2,1-2H3. The SMILES string of the molecule is CSCCC(C(=O)OCC(=O)C1=C(C)C2(CCCCC2)OC1=O)N1C(=O)c2ccccc2C1=O. The predicted molar refractivity (Wildman–Crippen MR) is 124 cm³/mol. The molecule has 1 aliphatic carbocycles. The Bertz CT molecular complexity index is 1050. The molecule has 9 heteroatoms.